The van der Waals surface area contributed by atoms with Gasteiger partial charge in [-0.2, -0.15) is 0 Å². The molecule has 170 valence electrons. The Balaban J connectivity index is 1.85. The number of carboxylic acid groups (broad SMARTS) is 1. The molecule has 3 amide bonds. The van der Waals surface area contributed by atoms with Crippen LogP contribution in [0.15, 0.2) is 72.8 Å². The van der Waals surface area contributed by atoms with Gasteiger partial charge in [0.15, 0.2) is 6.04 Å². The maximum absolute atomic E-state index is 13.2. The maximum Gasteiger partial charge on any atom is 0.331 e. The van der Waals surface area contributed by atoms with Crippen LogP contribution in [0.2, 0.25) is 10.0 Å². The van der Waals surface area contributed by atoms with Gasteiger partial charge in [0.2, 0.25) is 5.91 Å². The van der Waals surface area contributed by atoms with Crippen LogP contribution in [0.25, 0.3) is 0 Å². The highest BCUT2D eigenvalue weighted by Crippen LogP contribution is 2.32. The molecule has 0 aliphatic carbocycles. The molecule has 3 aromatic rings. The Morgan fingerprint density at radius 3 is 2.30 bits per heavy atom. The monoisotopic (exact) mass is 485 g/mol. The second kappa shape index (κ2) is 10.8. The second-order valence-corrected chi connectivity index (χ2v) is 8.01. The van der Waals surface area contributed by atoms with E-state index in [1.54, 1.807) is 48.5 Å². The Hall–Kier alpha value is -3.55. The van der Waals surface area contributed by atoms with E-state index < -0.39 is 30.5 Å². The van der Waals surface area contributed by atoms with Crippen molar-refractivity contribution in [3.05, 3.63) is 94.0 Å². The first-order valence-corrected chi connectivity index (χ1v) is 10.7. The number of para-hydroxylation sites is 1. The fourth-order valence-corrected chi connectivity index (χ4v) is 3.56. The lowest BCUT2D eigenvalue weighted by atomic mass is 10.0. The van der Waals surface area contributed by atoms with Crippen molar-refractivity contribution in [2.24, 2.45) is 0 Å². The first-order chi connectivity index (χ1) is 15.8. The number of urea groups is 1. The zero-order chi connectivity index (χ0) is 24.0. The van der Waals surface area contributed by atoms with Gasteiger partial charge in [-0.25, -0.2) is 9.59 Å². The van der Waals surface area contributed by atoms with Crippen LogP contribution in [0.4, 0.5) is 16.2 Å². The summed E-state index contributed by atoms with van der Waals surface area (Å²) in [5.74, 6) is -1.89. The van der Waals surface area contributed by atoms with Gasteiger partial charge in [0.1, 0.15) is 0 Å². The van der Waals surface area contributed by atoms with Crippen molar-refractivity contribution >= 4 is 52.5 Å². The average molecular weight is 486 g/mol. The first-order valence-electron chi connectivity index (χ1n) is 9.92. The molecule has 9 heteroatoms. The average Bonchev–Trinajstić information content (AvgIpc) is 2.78. The van der Waals surface area contributed by atoms with Gasteiger partial charge in [-0.15, -0.1) is 0 Å². The molecule has 0 fully saturated rings. The van der Waals surface area contributed by atoms with Crippen molar-refractivity contribution < 1.29 is 19.5 Å². The number of rotatable bonds is 7. The van der Waals surface area contributed by atoms with Crippen molar-refractivity contribution in [3.8, 4) is 0 Å². The molecule has 0 unspecified atom stereocenters. The Bertz CT molecular complexity index is 1170. The van der Waals surface area contributed by atoms with Crippen LogP contribution < -0.4 is 15.5 Å². The number of benzene rings is 3. The number of aliphatic carboxylic acids is 1. The van der Waals surface area contributed by atoms with Crippen molar-refractivity contribution in [1.82, 2.24) is 5.32 Å². The minimum atomic E-state index is -1.39. The van der Waals surface area contributed by atoms with E-state index in [1.165, 1.54) is 18.2 Å². The van der Waals surface area contributed by atoms with Gasteiger partial charge in [0, 0.05) is 11.4 Å². The van der Waals surface area contributed by atoms with E-state index in [4.69, 9.17) is 23.2 Å². The number of anilines is 2. The molecular formula is C24H21Cl2N3O4. The van der Waals surface area contributed by atoms with Crippen molar-refractivity contribution in [2.75, 3.05) is 16.8 Å². The molecule has 3 aromatic carbocycles. The minimum absolute atomic E-state index is 0.163. The summed E-state index contributed by atoms with van der Waals surface area (Å²) in [7, 11) is 0. The molecule has 0 radical (unpaired) electrons. The van der Waals surface area contributed by atoms with Gasteiger partial charge >= 0.3 is 12.0 Å². The molecular weight excluding hydrogens is 465 g/mol. The second-order valence-electron chi connectivity index (χ2n) is 7.19. The summed E-state index contributed by atoms with van der Waals surface area (Å²) in [5, 5.41) is 15.6. The van der Waals surface area contributed by atoms with Gasteiger partial charge in [0.25, 0.3) is 0 Å². The molecule has 7 nitrogen and oxygen atoms in total. The van der Waals surface area contributed by atoms with E-state index in [2.05, 4.69) is 10.6 Å². The highest BCUT2D eigenvalue weighted by molar-refractivity contribution is 6.42. The molecule has 0 aliphatic rings. The van der Waals surface area contributed by atoms with Gasteiger partial charge in [-0.05, 0) is 54.4 Å². The summed E-state index contributed by atoms with van der Waals surface area (Å²) in [6.45, 7) is 1.46. The Morgan fingerprint density at radius 2 is 1.67 bits per heavy atom. The smallest absolute Gasteiger partial charge is 0.331 e. The lowest BCUT2D eigenvalue weighted by Gasteiger charge is -2.29. The summed E-state index contributed by atoms with van der Waals surface area (Å²) in [5.41, 5.74) is 2.14. The topological polar surface area (TPSA) is 98.7 Å². The Labute approximate surface area is 200 Å². The van der Waals surface area contributed by atoms with E-state index in [1.807, 2.05) is 13.0 Å². The molecule has 0 saturated heterocycles. The summed E-state index contributed by atoms with van der Waals surface area (Å²) >= 11 is 12.1. The van der Waals surface area contributed by atoms with Crippen LogP contribution in [-0.2, 0) is 9.59 Å². The van der Waals surface area contributed by atoms with Crippen molar-refractivity contribution in [3.63, 3.8) is 0 Å². The fourth-order valence-electron chi connectivity index (χ4n) is 3.25. The van der Waals surface area contributed by atoms with Crippen LogP contribution in [0.3, 0.4) is 0 Å². The lowest BCUT2D eigenvalue weighted by Crippen LogP contribution is -2.45. The van der Waals surface area contributed by atoms with E-state index in [0.29, 0.717) is 11.4 Å². The SMILES string of the molecule is Cc1cccc(NC(=O)NCC(=O)N(c2ccccc2)[C@H](C(=O)O)c2ccc(Cl)c(Cl)c2)c1. The summed E-state index contributed by atoms with van der Waals surface area (Å²) < 4.78 is 0. The molecule has 3 N–H and O–H groups in total. The largest absolute Gasteiger partial charge is 0.479 e. The first kappa shape index (κ1) is 24.1. The maximum atomic E-state index is 13.2. The number of amides is 3. The molecule has 33 heavy (non-hydrogen) atoms. The molecule has 0 spiro atoms. The number of hydrogen-bond acceptors (Lipinski definition) is 3. The number of nitrogens with zero attached hydrogens (tertiary/aromatic N) is 1. The third kappa shape index (κ3) is 6.25. The highest BCUT2D eigenvalue weighted by Gasteiger charge is 2.33. The third-order valence-electron chi connectivity index (χ3n) is 4.73. The van der Waals surface area contributed by atoms with Crippen molar-refractivity contribution in [1.29, 1.82) is 0 Å². The standard InChI is InChI=1S/C24H21Cl2N3O4/c1-15-6-5-7-17(12-15)28-24(33)27-14-21(30)29(18-8-3-2-4-9-18)22(23(31)32)16-10-11-19(25)20(26)13-16/h2-13,22H,14H2,1H3,(H,31,32)(H2,27,28,33)/t22-/m0/s1. The van der Waals surface area contributed by atoms with E-state index in [-0.39, 0.29) is 15.6 Å². The molecule has 3 rings (SSSR count). The van der Waals surface area contributed by atoms with E-state index in [9.17, 15) is 19.5 Å². The normalized spacial score (nSPS) is 11.4. The lowest BCUT2D eigenvalue weighted by molar-refractivity contribution is -0.140. The number of carboxylic acids is 1. The van der Waals surface area contributed by atoms with Crippen LogP contribution >= 0.6 is 23.2 Å². The van der Waals surface area contributed by atoms with E-state index >= 15 is 0 Å². The Kier molecular flexibility index (Phi) is 7.92. The minimum Gasteiger partial charge on any atom is -0.479 e. The van der Waals surface area contributed by atoms with Gasteiger partial charge < -0.3 is 15.7 Å². The summed E-state index contributed by atoms with van der Waals surface area (Å²) in [6, 6.07) is 17.9. The highest BCUT2D eigenvalue weighted by atomic mass is 35.5. The number of aryl methyl sites for hydroxylation is 1. The quantitative estimate of drug-likeness (QED) is 0.423. The van der Waals surface area contributed by atoms with E-state index in [0.717, 1.165) is 10.5 Å². The number of carbonyl (C=O) groups is 3. The van der Waals surface area contributed by atoms with Gasteiger partial charge in [-0.3, -0.25) is 9.69 Å². The molecule has 0 heterocycles. The fraction of sp³-hybridized carbons (Fsp3) is 0.125. The molecule has 0 aromatic heterocycles. The molecule has 0 aliphatic heterocycles. The zero-order valence-electron chi connectivity index (χ0n) is 17.6. The Morgan fingerprint density at radius 1 is 0.939 bits per heavy atom. The molecule has 0 saturated carbocycles. The van der Waals surface area contributed by atoms with Crippen LogP contribution in [0.5, 0.6) is 0 Å². The number of carbonyl (C=O) groups excluding carboxylic acids is 2. The summed E-state index contributed by atoms with van der Waals surface area (Å²) in [4.78, 5) is 38.9. The van der Waals surface area contributed by atoms with Crippen molar-refractivity contribution in [2.45, 2.75) is 13.0 Å². The van der Waals surface area contributed by atoms with Crippen LogP contribution in [-0.4, -0.2) is 29.6 Å². The third-order valence-corrected chi connectivity index (χ3v) is 5.47. The number of nitrogens with one attached hydrogen (secondary N) is 2. The number of hydrogen-bond donors (Lipinski definition) is 3. The molecule has 0 bridgehead atoms. The van der Waals surface area contributed by atoms with Gasteiger partial charge in [0.05, 0.1) is 16.6 Å². The predicted octanol–water partition coefficient (Wildman–Crippen LogP) is 5.28. The van der Waals surface area contributed by atoms with Crippen LogP contribution in [0.1, 0.15) is 17.2 Å². The van der Waals surface area contributed by atoms with Gasteiger partial charge in [-0.1, -0.05) is 59.6 Å². The summed E-state index contributed by atoms with van der Waals surface area (Å²) in [6.07, 6.45) is 0. The predicted molar refractivity (Wildman–Crippen MR) is 129 cm³/mol. The zero-order valence-corrected chi connectivity index (χ0v) is 19.1. The van der Waals surface area contributed by atoms with Crippen LogP contribution in [0, 0.1) is 6.92 Å². The molecule has 1 atom stereocenters. The number of halogens is 2.